The monoisotopic (exact) mass is 366 g/mol. The molecule has 4 atom stereocenters. The fourth-order valence-corrected chi connectivity index (χ4v) is 3.73. The number of hydrogen-bond donors (Lipinski definition) is 5. The number of para-hydroxylation sites is 1. The van der Waals surface area contributed by atoms with Crippen LogP contribution in [0.4, 0.5) is 11.4 Å². The van der Waals surface area contributed by atoms with Crippen molar-refractivity contribution in [2.45, 2.75) is 50.2 Å². The number of carbonyl (C=O) groups is 1. The third kappa shape index (κ3) is 2.97. The summed E-state index contributed by atoms with van der Waals surface area (Å²) in [5.74, 6) is -0.598. The highest BCUT2D eigenvalue weighted by Gasteiger charge is 2.44. The Morgan fingerprint density at radius 3 is 2.58 bits per heavy atom. The first-order chi connectivity index (χ1) is 12.2. The maximum Gasteiger partial charge on any atom is 0.277 e. The van der Waals surface area contributed by atoms with Crippen molar-refractivity contribution in [2.75, 3.05) is 29.5 Å². The van der Waals surface area contributed by atoms with Crippen LogP contribution in [-0.2, 0) is 10.2 Å². The Morgan fingerprint density at radius 1 is 1.23 bits per heavy atom. The molecule has 0 saturated carbocycles. The zero-order chi connectivity index (χ0) is 19.2. The van der Waals surface area contributed by atoms with Gasteiger partial charge in [-0.15, -0.1) is 0 Å². The Balaban J connectivity index is 1.99. The molecule has 26 heavy (non-hydrogen) atoms. The average molecular weight is 366 g/mol. The highest BCUT2D eigenvalue weighted by molar-refractivity contribution is 6.05. The first kappa shape index (κ1) is 19.1. The molecule has 0 bridgehead atoms. The summed E-state index contributed by atoms with van der Waals surface area (Å²) in [4.78, 5) is 15.6. The van der Waals surface area contributed by atoms with Gasteiger partial charge in [0.1, 0.15) is 18.3 Å². The Labute approximate surface area is 151 Å². The molecule has 2 aliphatic heterocycles. The number of aliphatic hydroxyl groups excluding tert-OH is 5. The van der Waals surface area contributed by atoms with Crippen molar-refractivity contribution in [3.8, 4) is 0 Å². The van der Waals surface area contributed by atoms with Gasteiger partial charge in [0.25, 0.3) is 5.91 Å². The Bertz CT molecular complexity index is 694. The van der Waals surface area contributed by atoms with Gasteiger partial charge >= 0.3 is 0 Å². The van der Waals surface area contributed by atoms with Gasteiger partial charge in [0.15, 0.2) is 0 Å². The molecule has 1 aromatic carbocycles. The molecular formula is C18H26N2O6. The van der Waals surface area contributed by atoms with Gasteiger partial charge in [-0.25, -0.2) is 0 Å². The first-order valence-electron chi connectivity index (χ1n) is 8.73. The summed E-state index contributed by atoms with van der Waals surface area (Å²) in [5, 5.41) is 49.0. The predicted octanol–water partition coefficient (Wildman–Crippen LogP) is -1.09. The summed E-state index contributed by atoms with van der Waals surface area (Å²) in [6.45, 7) is 3.72. The summed E-state index contributed by atoms with van der Waals surface area (Å²) >= 11 is 0. The van der Waals surface area contributed by atoms with Gasteiger partial charge in [-0.3, -0.25) is 4.79 Å². The normalized spacial score (nSPS) is 24.9. The zero-order valence-electron chi connectivity index (χ0n) is 14.9. The van der Waals surface area contributed by atoms with Crippen molar-refractivity contribution in [1.82, 2.24) is 0 Å². The molecule has 3 rings (SSSR count). The lowest BCUT2D eigenvalue weighted by atomic mass is 9.76. The third-order valence-electron chi connectivity index (χ3n) is 5.43. The molecule has 0 aliphatic carbocycles. The number of amides is 1. The number of carbonyl (C=O) groups excluding carboxylic acids is 1. The van der Waals surface area contributed by atoms with E-state index in [2.05, 4.69) is 13.8 Å². The van der Waals surface area contributed by atoms with E-state index in [1.54, 1.807) is 11.0 Å². The summed E-state index contributed by atoms with van der Waals surface area (Å²) in [5.41, 5.74) is 2.18. The standard InChI is InChI=1S/C18H26N2O6/c1-18(2)6-7-19-14-10(18)4-3-5-11(14)20(17(26)16(19)25)8-12(22)15(24)13(23)9-21/h3-5,12-13,15-16,21-25H,6-9H2,1-2H3/t12-,13-,15+,16?/m1/s1. The summed E-state index contributed by atoms with van der Waals surface area (Å²) in [7, 11) is 0. The van der Waals surface area contributed by atoms with Gasteiger partial charge in [-0.05, 0) is 23.5 Å². The van der Waals surface area contributed by atoms with Crippen LogP contribution in [0.15, 0.2) is 18.2 Å². The van der Waals surface area contributed by atoms with Crippen molar-refractivity contribution < 1.29 is 30.3 Å². The van der Waals surface area contributed by atoms with Crippen LogP contribution in [0, 0.1) is 0 Å². The largest absolute Gasteiger partial charge is 0.394 e. The molecule has 2 heterocycles. The van der Waals surface area contributed by atoms with E-state index >= 15 is 0 Å². The molecule has 1 aromatic rings. The lowest BCUT2D eigenvalue weighted by Crippen LogP contribution is -2.59. The van der Waals surface area contributed by atoms with Crippen molar-refractivity contribution in [3.05, 3.63) is 23.8 Å². The summed E-state index contributed by atoms with van der Waals surface area (Å²) < 4.78 is 0. The lowest BCUT2D eigenvalue weighted by Gasteiger charge is -2.48. The first-order valence-corrected chi connectivity index (χ1v) is 8.73. The van der Waals surface area contributed by atoms with Crippen LogP contribution in [0.25, 0.3) is 0 Å². The second-order valence-electron chi connectivity index (χ2n) is 7.63. The highest BCUT2D eigenvalue weighted by Crippen LogP contribution is 2.47. The fourth-order valence-electron chi connectivity index (χ4n) is 3.73. The molecule has 0 radical (unpaired) electrons. The minimum Gasteiger partial charge on any atom is -0.394 e. The molecule has 2 aliphatic rings. The van der Waals surface area contributed by atoms with E-state index in [0.29, 0.717) is 12.2 Å². The topological polar surface area (TPSA) is 125 Å². The zero-order valence-corrected chi connectivity index (χ0v) is 14.9. The van der Waals surface area contributed by atoms with Crippen molar-refractivity contribution in [1.29, 1.82) is 0 Å². The Kier molecular flexibility index (Phi) is 4.98. The summed E-state index contributed by atoms with van der Waals surface area (Å²) in [6.07, 6.45) is -5.19. The van der Waals surface area contributed by atoms with E-state index in [-0.39, 0.29) is 12.0 Å². The quantitative estimate of drug-likeness (QED) is 0.449. The van der Waals surface area contributed by atoms with Crippen LogP contribution in [0.1, 0.15) is 25.8 Å². The van der Waals surface area contributed by atoms with Gasteiger partial charge < -0.3 is 35.3 Å². The number of rotatable bonds is 5. The van der Waals surface area contributed by atoms with Crippen molar-refractivity contribution in [3.63, 3.8) is 0 Å². The van der Waals surface area contributed by atoms with Crippen molar-refractivity contribution in [2.24, 2.45) is 0 Å². The molecular weight excluding hydrogens is 340 g/mol. The molecule has 0 saturated heterocycles. The average Bonchev–Trinajstić information content (AvgIpc) is 2.62. The molecule has 144 valence electrons. The van der Waals surface area contributed by atoms with Gasteiger partial charge in [-0.1, -0.05) is 26.0 Å². The molecule has 5 N–H and O–H groups in total. The minimum atomic E-state index is -1.61. The van der Waals surface area contributed by atoms with E-state index in [1.165, 1.54) is 4.90 Å². The van der Waals surface area contributed by atoms with Gasteiger partial charge in [0.2, 0.25) is 6.23 Å². The number of β-amino-alcohol motifs (C(OH)–C–C–N with tert-alkyl or cyclic N) is 1. The highest BCUT2D eigenvalue weighted by atomic mass is 16.4. The minimum absolute atomic E-state index is 0.126. The van der Waals surface area contributed by atoms with Gasteiger partial charge in [-0.2, -0.15) is 0 Å². The molecule has 1 amide bonds. The molecule has 0 fully saturated rings. The van der Waals surface area contributed by atoms with Crippen LogP contribution >= 0.6 is 0 Å². The SMILES string of the molecule is CC1(C)CCN2c3c(cccc31)N(C[C@@H](O)[C@H](O)[C@H](O)CO)C(=O)C2O. The fraction of sp³-hybridized carbons (Fsp3) is 0.611. The van der Waals surface area contributed by atoms with Gasteiger partial charge in [0, 0.05) is 6.54 Å². The number of hydrogen-bond acceptors (Lipinski definition) is 7. The second-order valence-corrected chi connectivity index (χ2v) is 7.63. The van der Waals surface area contributed by atoms with Crippen LogP contribution in [0.5, 0.6) is 0 Å². The third-order valence-corrected chi connectivity index (χ3v) is 5.43. The number of nitrogens with zero attached hydrogens (tertiary/aromatic N) is 2. The Morgan fingerprint density at radius 2 is 1.92 bits per heavy atom. The molecule has 1 unspecified atom stereocenters. The molecule has 8 nitrogen and oxygen atoms in total. The lowest BCUT2D eigenvalue weighted by molar-refractivity contribution is -0.128. The molecule has 0 spiro atoms. The van der Waals surface area contributed by atoms with Crippen LogP contribution < -0.4 is 9.80 Å². The molecule has 8 heteroatoms. The van der Waals surface area contributed by atoms with E-state index in [4.69, 9.17) is 5.11 Å². The maximum absolute atomic E-state index is 12.7. The van der Waals surface area contributed by atoms with Crippen molar-refractivity contribution >= 4 is 17.3 Å². The smallest absolute Gasteiger partial charge is 0.277 e. The maximum atomic E-state index is 12.7. The second kappa shape index (κ2) is 6.79. The number of benzene rings is 1. The van der Waals surface area contributed by atoms with Gasteiger partial charge in [0.05, 0.1) is 24.5 Å². The van der Waals surface area contributed by atoms with Crippen LogP contribution in [0.3, 0.4) is 0 Å². The summed E-state index contributed by atoms with van der Waals surface area (Å²) in [6, 6.07) is 5.52. The number of aliphatic hydroxyl groups is 5. The van der Waals surface area contributed by atoms with E-state index in [0.717, 1.165) is 17.7 Å². The Hall–Kier alpha value is -1.71. The predicted molar refractivity (Wildman–Crippen MR) is 94.9 cm³/mol. The molecule has 0 aromatic heterocycles. The van der Waals surface area contributed by atoms with Crippen LogP contribution in [0.2, 0.25) is 0 Å². The van der Waals surface area contributed by atoms with E-state index < -0.39 is 37.1 Å². The number of anilines is 2. The van der Waals surface area contributed by atoms with E-state index in [9.17, 15) is 25.2 Å². The van der Waals surface area contributed by atoms with E-state index in [1.807, 2.05) is 12.1 Å². The van der Waals surface area contributed by atoms with Crippen LogP contribution in [-0.4, -0.2) is 75.7 Å².